The highest BCUT2D eigenvalue weighted by atomic mass is 19.1. The Morgan fingerprint density at radius 1 is 1.10 bits per heavy atom. The summed E-state index contributed by atoms with van der Waals surface area (Å²) in [6.07, 6.45) is 11.1. The molecule has 4 aromatic rings. The molecule has 254 valence electrons. The summed E-state index contributed by atoms with van der Waals surface area (Å²) >= 11 is 0. The van der Waals surface area contributed by atoms with E-state index in [0.717, 1.165) is 51.7 Å². The molecule has 0 spiro atoms. The molecular weight excluding hydrogens is 626 g/mol. The summed E-state index contributed by atoms with van der Waals surface area (Å²) in [7, 11) is 4.28. The van der Waals surface area contributed by atoms with Crippen molar-refractivity contribution >= 4 is 27.5 Å². The molecule has 5 aliphatic rings. The molecule has 3 saturated heterocycles. The van der Waals surface area contributed by atoms with Crippen molar-refractivity contribution in [1.82, 2.24) is 25.1 Å². The first-order chi connectivity index (χ1) is 23.7. The van der Waals surface area contributed by atoms with E-state index in [1.165, 1.54) is 24.3 Å². The average Bonchev–Trinajstić information content (AvgIpc) is 3.55. The lowest BCUT2D eigenvalue weighted by Crippen LogP contribution is -2.60. The van der Waals surface area contributed by atoms with Gasteiger partial charge in [-0.3, -0.25) is 0 Å². The molecule has 0 radical (unpaired) electrons. The maximum Gasteiger partial charge on any atom is 0.319 e. The minimum absolute atomic E-state index is 0.00459. The molecule has 11 heteroatoms. The van der Waals surface area contributed by atoms with Crippen molar-refractivity contribution in [3.05, 3.63) is 47.5 Å². The number of phenols is 1. The average molecular weight is 667 g/mol. The lowest BCUT2D eigenvalue weighted by atomic mass is 9.92. The smallest absolute Gasteiger partial charge is 0.319 e. The third kappa shape index (κ3) is 5.15. The third-order valence-corrected chi connectivity index (χ3v) is 11.6. The summed E-state index contributed by atoms with van der Waals surface area (Å²) in [6, 6.07) is 8.50. The van der Waals surface area contributed by atoms with Crippen LogP contribution in [0.1, 0.15) is 37.7 Å². The molecule has 9 nitrogen and oxygen atoms in total. The predicted molar refractivity (Wildman–Crippen MR) is 184 cm³/mol. The Labute approximate surface area is 284 Å². The summed E-state index contributed by atoms with van der Waals surface area (Å²) in [5.41, 5.74) is 0.437. The molecule has 9 rings (SSSR count). The van der Waals surface area contributed by atoms with Gasteiger partial charge in [0.25, 0.3) is 0 Å². The van der Waals surface area contributed by atoms with E-state index in [1.54, 1.807) is 6.07 Å². The van der Waals surface area contributed by atoms with Gasteiger partial charge in [-0.2, -0.15) is 9.97 Å². The number of aromatic hydroxyl groups is 1. The second kappa shape index (κ2) is 11.4. The van der Waals surface area contributed by atoms with Gasteiger partial charge in [-0.1, -0.05) is 12.0 Å². The van der Waals surface area contributed by atoms with E-state index in [-0.39, 0.29) is 51.5 Å². The van der Waals surface area contributed by atoms with Gasteiger partial charge in [-0.15, -0.1) is 6.42 Å². The van der Waals surface area contributed by atoms with E-state index in [0.29, 0.717) is 59.6 Å². The highest BCUT2D eigenvalue weighted by Gasteiger charge is 2.47. The lowest BCUT2D eigenvalue weighted by molar-refractivity contribution is 0.164. The zero-order valence-electron chi connectivity index (χ0n) is 27.8. The molecule has 1 aromatic heterocycles. The van der Waals surface area contributed by atoms with E-state index in [1.807, 2.05) is 0 Å². The number of hydrogen-bond donors (Lipinski definition) is 2. The number of terminal acetylenes is 1. The van der Waals surface area contributed by atoms with E-state index < -0.39 is 11.6 Å². The Balaban J connectivity index is 1.16. The van der Waals surface area contributed by atoms with E-state index in [9.17, 15) is 5.11 Å². The predicted octanol–water partition coefficient (Wildman–Crippen LogP) is 4.91. The second-order valence-corrected chi connectivity index (χ2v) is 15.0. The quantitative estimate of drug-likeness (QED) is 0.268. The zero-order chi connectivity index (χ0) is 33.6. The number of anilines is 1. The van der Waals surface area contributed by atoms with Crippen LogP contribution in [0.2, 0.25) is 0 Å². The summed E-state index contributed by atoms with van der Waals surface area (Å²) in [5, 5.41) is 15.7. The third-order valence-electron chi connectivity index (χ3n) is 11.6. The summed E-state index contributed by atoms with van der Waals surface area (Å²) in [4.78, 5) is 16.8. The van der Waals surface area contributed by atoms with Crippen LogP contribution in [0, 0.1) is 29.4 Å². The number of phenolic OH excluding ortho intramolecular Hbond substituents is 1. The topological polar surface area (TPSA) is 86.2 Å². The van der Waals surface area contributed by atoms with Crippen LogP contribution in [-0.4, -0.2) is 103 Å². The number of fused-ring (bicyclic) bond motifs is 6. The van der Waals surface area contributed by atoms with Gasteiger partial charge in [0.2, 0.25) is 0 Å². The van der Waals surface area contributed by atoms with Gasteiger partial charge in [-0.25, -0.2) is 8.78 Å². The molecule has 4 atom stereocenters. The van der Waals surface area contributed by atoms with Crippen molar-refractivity contribution < 1.29 is 23.4 Å². The molecule has 2 bridgehead atoms. The molecule has 1 aliphatic carbocycles. The van der Waals surface area contributed by atoms with Crippen LogP contribution in [0.3, 0.4) is 0 Å². The van der Waals surface area contributed by atoms with Gasteiger partial charge < -0.3 is 34.6 Å². The fraction of sp³-hybridized carbons (Fsp3) is 0.474. The number of aromatic nitrogens is 2. The molecule has 4 aliphatic heterocycles. The largest absolute Gasteiger partial charge is 0.508 e. The molecule has 2 N–H and O–H groups in total. The highest BCUT2D eigenvalue weighted by Crippen LogP contribution is 2.49. The van der Waals surface area contributed by atoms with E-state index in [4.69, 9.17) is 25.9 Å². The number of benzene rings is 3. The van der Waals surface area contributed by atoms with Crippen molar-refractivity contribution in [3.63, 3.8) is 0 Å². The molecule has 49 heavy (non-hydrogen) atoms. The first-order valence-corrected chi connectivity index (χ1v) is 17.3. The molecule has 1 saturated carbocycles. The zero-order valence-corrected chi connectivity index (χ0v) is 27.8. The van der Waals surface area contributed by atoms with Crippen LogP contribution in [0.5, 0.6) is 17.5 Å². The van der Waals surface area contributed by atoms with Crippen LogP contribution in [-0.2, 0) is 0 Å². The number of rotatable bonds is 7. The molecule has 0 amide bonds. The number of nitrogens with one attached hydrogen (secondary N) is 1. The number of halogens is 2. The second-order valence-electron chi connectivity index (χ2n) is 15.0. The Kier molecular flexibility index (Phi) is 7.17. The molecule has 5 heterocycles. The molecule has 0 unspecified atom stereocenters. The van der Waals surface area contributed by atoms with Crippen LogP contribution >= 0.6 is 0 Å². The summed E-state index contributed by atoms with van der Waals surface area (Å²) < 4.78 is 45.1. The van der Waals surface area contributed by atoms with Gasteiger partial charge in [0.15, 0.2) is 5.82 Å². The lowest BCUT2D eigenvalue weighted by Gasteiger charge is -2.40. The number of hydrogen-bond acceptors (Lipinski definition) is 9. The number of likely N-dealkylation sites (N-methyl/N-ethyl adjacent to an activating group) is 1. The highest BCUT2D eigenvalue weighted by molar-refractivity contribution is 6.06. The first-order valence-electron chi connectivity index (χ1n) is 17.3. The number of piperazine rings is 1. The Morgan fingerprint density at radius 3 is 2.73 bits per heavy atom. The van der Waals surface area contributed by atoms with Gasteiger partial charge in [0, 0.05) is 54.1 Å². The number of nitrogens with zero attached hydrogens (tertiary/aromatic N) is 5. The van der Waals surface area contributed by atoms with Gasteiger partial charge >= 0.3 is 6.01 Å². The van der Waals surface area contributed by atoms with Gasteiger partial charge in [0.1, 0.15) is 35.3 Å². The van der Waals surface area contributed by atoms with E-state index in [2.05, 4.69) is 40.0 Å². The minimum Gasteiger partial charge on any atom is -0.508 e. The maximum atomic E-state index is 17.2. The van der Waals surface area contributed by atoms with Crippen molar-refractivity contribution in [3.8, 4) is 41.0 Å². The Hall–Kier alpha value is -4.24. The van der Waals surface area contributed by atoms with Gasteiger partial charge in [0.05, 0.1) is 23.6 Å². The van der Waals surface area contributed by atoms with Crippen LogP contribution in [0.4, 0.5) is 14.6 Å². The maximum absolute atomic E-state index is 17.2. The van der Waals surface area contributed by atoms with E-state index >= 15 is 8.78 Å². The standard InChI is InChI=1S/C38H40F2N6O3/c1-4-25-28(39)7-5-21-13-24(47)14-26(32(21)25)27-15-31-33-35(34(27)40)42-37(43-36(33)46-16-22-6-8-29(41-22)30(46)18-48-31)49-20-38(10-11-38)19-45-12-9-23(17-45)44(2)3/h1,5,7,13-15,22-23,29-30,41,47H,6,8-12,16-20H2,2-3H3/t22-,23+,29+,30-/m1/s1. The monoisotopic (exact) mass is 666 g/mol. The van der Waals surface area contributed by atoms with Crippen molar-refractivity contribution in [2.24, 2.45) is 5.41 Å². The Morgan fingerprint density at radius 2 is 1.96 bits per heavy atom. The van der Waals surface area contributed by atoms with Crippen LogP contribution < -0.4 is 19.7 Å². The number of ether oxygens (including phenoxy) is 2. The number of likely N-dealkylation sites (tertiary alicyclic amines) is 1. The van der Waals surface area contributed by atoms with Crippen molar-refractivity contribution in [1.29, 1.82) is 0 Å². The van der Waals surface area contributed by atoms with Crippen molar-refractivity contribution in [2.75, 3.05) is 58.4 Å². The minimum atomic E-state index is -0.639. The first kappa shape index (κ1) is 30.8. The molecular formula is C38H40F2N6O3. The molecule has 4 fully saturated rings. The summed E-state index contributed by atoms with van der Waals surface area (Å²) in [5.74, 6) is 2.13. The summed E-state index contributed by atoms with van der Waals surface area (Å²) in [6.45, 7) is 4.60. The molecule has 3 aromatic carbocycles. The Bertz CT molecular complexity index is 2040. The van der Waals surface area contributed by atoms with Crippen LogP contribution in [0.15, 0.2) is 30.3 Å². The normalized spacial score (nSPS) is 25.3. The van der Waals surface area contributed by atoms with Crippen LogP contribution in [0.25, 0.3) is 32.8 Å². The fourth-order valence-corrected chi connectivity index (χ4v) is 8.68. The SMILES string of the molecule is C#Cc1c(F)ccc2cc(O)cc(-c3cc4c5c(nc(OCC6(CN7CC[C@H](N(C)C)C7)CC6)nc5c3F)N3C[C@H]5CC[C@H](N5)[C@H]3CO4)c12. The fourth-order valence-electron chi connectivity index (χ4n) is 8.68. The van der Waals surface area contributed by atoms with Crippen molar-refractivity contribution in [2.45, 2.75) is 56.3 Å². The van der Waals surface area contributed by atoms with Gasteiger partial charge in [-0.05, 0) is 88.0 Å².